The van der Waals surface area contributed by atoms with Crippen LogP contribution in [0.4, 0.5) is 5.69 Å². The molecule has 0 saturated carbocycles. The van der Waals surface area contributed by atoms with Crippen molar-refractivity contribution in [3.8, 4) is 5.75 Å². The highest BCUT2D eigenvalue weighted by Gasteiger charge is 2.25. The first-order chi connectivity index (χ1) is 9.69. The van der Waals surface area contributed by atoms with Gasteiger partial charge in [0.2, 0.25) is 0 Å². The third kappa shape index (κ3) is 2.96. The van der Waals surface area contributed by atoms with Crippen LogP contribution in [0.3, 0.4) is 0 Å². The maximum absolute atomic E-state index is 9.04. The molecule has 1 heterocycles. The minimum Gasteiger partial charge on any atom is -0.497 e. The number of methoxy groups -OCH3 is 1. The standard InChI is InChI=1S/C14H21N3O3/c1-20-11-2-3-12(14(15)16-19)13(8-11)17-6-4-10(9-17)5-7-18/h2-3,8,10,18-19H,4-7,9H2,1H3,(H2,15,16). The second-order valence-corrected chi connectivity index (χ2v) is 4.98. The molecule has 0 spiro atoms. The van der Waals surface area contributed by atoms with Crippen molar-refractivity contribution in [2.24, 2.45) is 16.8 Å². The van der Waals surface area contributed by atoms with Gasteiger partial charge in [0.05, 0.1) is 12.8 Å². The number of ether oxygens (including phenoxy) is 1. The van der Waals surface area contributed by atoms with E-state index in [2.05, 4.69) is 10.1 Å². The van der Waals surface area contributed by atoms with Crippen LogP contribution in [-0.4, -0.2) is 43.0 Å². The van der Waals surface area contributed by atoms with Gasteiger partial charge >= 0.3 is 0 Å². The van der Waals surface area contributed by atoms with Gasteiger partial charge in [-0.2, -0.15) is 0 Å². The summed E-state index contributed by atoms with van der Waals surface area (Å²) in [4.78, 5) is 2.19. The molecule has 2 rings (SSSR count). The van der Waals surface area contributed by atoms with E-state index in [1.54, 1.807) is 19.2 Å². The summed E-state index contributed by atoms with van der Waals surface area (Å²) < 4.78 is 5.25. The van der Waals surface area contributed by atoms with Gasteiger partial charge in [-0.15, -0.1) is 0 Å². The predicted molar refractivity (Wildman–Crippen MR) is 77.5 cm³/mol. The van der Waals surface area contributed by atoms with Crippen molar-refractivity contribution < 1.29 is 15.1 Å². The molecule has 6 heteroatoms. The first-order valence-corrected chi connectivity index (χ1v) is 6.71. The fraction of sp³-hybridized carbons (Fsp3) is 0.500. The van der Waals surface area contributed by atoms with E-state index in [0.29, 0.717) is 11.5 Å². The molecule has 1 aliphatic rings. The molecule has 20 heavy (non-hydrogen) atoms. The number of benzene rings is 1. The average molecular weight is 279 g/mol. The summed E-state index contributed by atoms with van der Waals surface area (Å²) >= 11 is 0. The number of aliphatic hydroxyl groups is 1. The summed E-state index contributed by atoms with van der Waals surface area (Å²) in [6.45, 7) is 1.96. The number of hydrogen-bond donors (Lipinski definition) is 3. The Hall–Kier alpha value is -1.95. The van der Waals surface area contributed by atoms with Crippen LogP contribution in [0.2, 0.25) is 0 Å². The lowest BCUT2D eigenvalue weighted by molar-refractivity contribution is 0.263. The zero-order valence-corrected chi connectivity index (χ0v) is 11.6. The van der Waals surface area contributed by atoms with E-state index in [1.165, 1.54) is 0 Å². The molecular weight excluding hydrogens is 258 g/mol. The van der Waals surface area contributed by atoms with Gasteiger partial charge in [0.1, 0.15) is 5.75 Å². The number of aliphatic hydroxyl groups excluding tert-OH is 1. The third-order valence-corrected chi connectivity index (χ3v) is 3.75. The molecular formula is C14H21N3O3. The number of nitrogens with two attached hydrogens (primary N) is 1. The molecule has 0 bridgehead atoms. The van der Waals surface area contributed by atoms with Crippen molar-refractivity contribution in [3.63, 3.8) is 0 Å². The van der Waals surface area contributed by atoms with Crippen molar-refractivity contribution in [2.45, 2.75) is 12.8 Å². The van der Waals surface area contributed by atoms with Gasteiger partial charge in [-0.05, 0) is 30.9 Å². The van der Waals surface area contributed by atoms with Crippen molar-refractivity contribution in [2.75, 3.05) is 31.7 Å². The molecule has 110 valence electrons. The molecule has 4 N–H and O–H groups in total. The van der Waals surface area contributed by atoms with E-state index in [-0.39, 0.29) is 12.4 Å². The number of nitrogens with zero attached hydrogens (tertiary/aromatic N) is 2. The number of anilines is 1. The molecule has 1 unspecified atom stereocenters. The SMILES string of the molecule is COc1ccc(/C(N)=N/O)c(N2CCC(CCO)C2)c1. The quantitative estimate of drug-likeness (QED) is 0.324. The lowest BCUT2D eigenvalue weighted by Gasteiger charge is -2.22. The number of rotatable bonds is 5. The van der Waals surface area contributed by atoms with Crippen LogP contribution in [0.5, 0.6) is 5.75 Å². The van der Waals surface area contributed by atoms with Crippen LogP contribution in [-0.2, 0) is 0 Å². The van der Waals surface area contributed by atoms with Gasteiger partial charge in [0.15, 0.2) is 5.84 Å². The largest absolute Gasteiger partial charge is 0.497 e. The fourth-order valence-corrected chi connectivity index (χ4v) is 2.64. The monoisotopic (exact) mass is 279 g/mol. The first-order valence-electron chi connectivity index (χ1n) is 6.71. The minimum absolute atomic E-state index is 0.0910. The van der Waals surface area contributed by atoms with Crippen LogP contribution in [0.1, 0.15) is 18.4 Å². The Labute approximate surface area is 118 Å². The average Bonchev–Trinajstić information content (AvgIpc) is 2.94. The maximum Gasteiger partial charge on any atom is 0.172 e. The molecule has 0 aromatic heterocycles. The third-order valence-electron chi connectivity index (χ3n) is 3.75. The summed E-state index contributed by atoms with van der Waals surface area (Å²) in [5, 5.41) is 21.0. The summed E-state index contributed by atoms with van der Waals surface area (Å²) in [5.74, 6) is 1.31. The highest BCUT2D eigenvalue weighted by atomic mass is 16.5. The van der Waals surface area contributed by atoms with E-state index in [9.17, 15) is 0 Å². The van der Waals surface area contributed by atoms with E-state index < -0.39 is 0 Å². The summed E-state index contributed by atoms with van der Waals surface area (Å²) in [6.07, 6.45) is 1.84. The maximum atomic E-state index is 9.04. The van der Waals surface area contributed by atoms with Crippen molar-refractivity contribution in [3.05, 3.63) is 23.8 Å². The Morgan fingerprint density at radius 2 is 2.35 bits per heavy atom. The molecule has 1 aliphatic heterocycles. The van der Waals surface area contributed by atoms with E-state index in [1.807, 2.05) is 6.07 Å². The van der Waals surface area contributed by atoms with Gasteiger partial charge < -0.3 is 25.7 Å². The molecule has 0 amide bonds. The summed E-state index contributed by atoms with van der Waals surface area (Å²) in [6, 6.07) is 5.48. The normalized spacial score (nSPS) is 19.4. The molecule has 1 saturated heterocycles. The van der Waals surface area contributed by atoms with Crippen LogP contribution < -0.4 is 15.4 Å². The Kier molecular flexibility index (Phi) is 4.68. The van der Waals surface area contributed by atoms with Crippen molar-refractivity contribution in [1.82, 2.24) is 0 Å². The second-order valence-electron chi connectivity index (χ2n) is 4.98. The smallest absolute Gasteiger partial charge is 0.172 e. The lowest BCUT2D eigenvalue weighted by Crippen LogP contribution is -2.24. The van der Waals surface area contributed by atoms with Crippen molar-refractivity contribution in [1.29, 1.82) is 0 Å². The van der Waals surface area contributed by atoms with E-state index >= 15 is 0 Å². The Morgan fingerprint density at radius 1 is 1.55 bits per heavy atom. The lowest BCUT2D eigenvalue weighted by atomic mass is 10.1. The molecule has 1 fully saturated rings. The topological polar surface area (TPSA) is 91.3 Å². The van der Waals surface area contributed by atoms with Crippen LogP contribution in [0.15, 0.2) is 23.4 Å². The van der Waals surface area contributed by atoms with E-state index in [0.717, 1.165) is 37.4 Å². The van der Waals surface area contributed by atoms with Gasteiger partial charge in [-0.1, -0.05) is 5.16 Å². The molecule has 1 atom stereocenters. The number of amidine groups is 1. The fourth-order valence-electron chi connectivity index (χ4n) is 2.64. The Morgan fingerprint density at radius 3 is 3.00 bits per heavy atom. The predicted octanol–water partition coefficient (Wildman–Crippen LogP) is 0.998. The zero-order chi connectivity index (χ0) is 14.5. The Balaban J connectivity index is 2.29. The van der Waals surface area contributed by atoms with Gasteiger partial charge in [-0.25, -0.2) is 0 Å². The highest BCUT2D eigenvalue weighted by molar-refractivity contribution is 6.02. The molecule has 0 radical (unpaired) electrons. The van der Waals surface area contributed by atoms with Gasteiger partial charge in [0.25, 0.3) is 0 Å². The second kappa shape index (κ2) is 6.47. The molecule has 6 nitrogen and oxygen atoms in total. The number of hydrogen-bond acceptors (Lipinski definition) is 5. The minimum atomic E-state index is 0.0910. The Bertz CT molecular complexity index is 491. The van der Waals surface area contributed by atoms with Gasteiger partial charge in [-0.3, -0.25) is 0 Å². The molecule has 0 aliphatic carbocycles. The molecule has 1 aromatic rings. The highest BCUT2D eigenvalue weighted by Crippen LogP contribution is 2.31. The van der Waals surface area contributed by atoms with Crippen LogP contribution >= 0.6 is 0 Å². The van der Waals surface area contributed by atoms with Gasteiger partial charge in [0, 0.05) is 31.3 Å². The van der Waals surface area contributed by atoms with Crippen LogP contribution in [0, 0.1) is 5.92 Å². The summed E-state index contributed by atoms with van der Waals surface area (Å²) in [7, 11) is 1.61. The zero-order valence-electron chi connectivity index (χ0n) is 11.6. The van der Waals surface area contributed by atoms with E-state index in [4.69, 9.17) is 20.8 Å². The summed E-state index contributed by atoms with van der Waals surface area (Å²) in [5.41, 5.74) is 7.34. The van der Waals surface area contributed by atoms with Crippen LogP contribution in [0.25, 0.3) is 0 Å². The number of oxime groups is 1. The molecule has 1 aromatic carbocycles. The first kappa shape index (κ1) is 14.5. The van der Waals surface area contributed by atoms with Crippen molar-refractivity contribution >= 4 is 11.5 Å².